The number of rotatable bonds is 8. The van der Waals surface area contributed by atoms with E-state index in [1.807, 2.05) is 66.7 Å². The molecular weight excluding hydrogens is 338 g/mol. The second-order valence-electron chi connectivity index (χ2n) is 6.06. The van der Waals surface area contributed by atoms with Crippen molar-refractivity contribution in [3.05, 3.63) is 90.3 Å². The van der Waals surface area contributed by atoms with Gasteiger partial charge in [-0.15, -0.1) is 0 Å². The predicted molar refractivity (Wildman–Crippen MR) is 108 cm³/mol. The molecule has 5 heteroatoms. The zero-order valence-corrected chi connectivity index (χ0v) is 15.3. The van der Waals surface area contributed by atoms with E-state index < -0.39 is 0 Å². The molecule has 138 valence electrons. The van der Waals surface area contributed by atoms with Gasteiger partial charge in [0.1, 0.15) is 5.69 Å². The quantitative estimate of drug-likeness (QED) is 0.617. The summed E-state index contributed by atoms with van der Waals surface area (Å²) < 4.78 is 5.05. The molecule has 3 rings (SSSR count). The van der Waals surface area contributed by atoms with Gasteiger partial charge in [0.05, 0.1) is 13.2 Å². The number of hydrogen-bond donors (Lipinski definition) is 1. The minimum atomic E-state index is -0.138. The predicted octanol–water partition coefficient (Wildman–Crippen LogP) is 3.99. The molecule has 0 fully saturated rings. The van der Waals surface area contributed by atoms with Crippen molar-refractivity contribution in [2.45, 2.75) is 6.54 Å². The minimum absolute atomic E-state index is 0.138. The molecule has 0 spiro atoms. The molecular formula is C22H23N3O2. The van der Waals surface area contributed by atoms with Crippen LogP contribution in [0, 0.1) is 0 Å². The van der Waals surface area contributed by atoms with Crippen LogP contribution in [-0.2, 0) is 11.3 Å². The Morgan fingerprint density at radius 3 is 2.44 bits per heavy atom. The molecule has 0 radical (unpaired) electrons. The number of carbonyl (C=O) groups excluding carboxylic acids is 1. The minimum Gasteiger partial charge on any atom is -0.383 e. The molecule has 0 atom stereocenters. The maximum Gasteiger partial charge on any atom is 0.277 e. The number of carbonyl (C=O) groups is 1. The number of anilines is 2. The van der Waals surface area contributed by atoms with Crippen molar-refractivity contribution in [3.63, 3.8) is 0 Å². The van der Waals surface area contributed by atoms with Crippen molar-refractivity contribution in [3.8, 4) is 0 Å². The van der Waals surface area contributed by atoms with E-state index in [2.05, 4.69) is 10.3 Å². The van der Waals surface area contributed by atoms with Gasteiger partial charge in [0.15, 0.2) is 0 Å². The molecule has 0 saturated carbocycles. The fourth-order valence-corrected chi connectivity index (χ4v) is 2.75. The topological polar surface area (TPSA) is 54.5 Å². The lowest BCUT2D eigenvalue weighted by atomic mass is 10.1. The monoisotopic (exact) mass is 361 g/mol. The molecule has 0 aliphatic carbocycles. The summed E-state index contributed by atoms with van der Waals surface area (Å²) in [5.41, 5.74) is 3.14. The Morgan fingerprint density at radius 1 is 1.04 bits per heavy atom. The molecule has 3 aromatic rings. The van der Waals surface area contributed by atoms with Gasteiger partial charge in [-0.05, 0) is 29.8 Å². The van der Waals surface area contributed by atoms with Gasteiger partial charge in [-0.3, -0.25) is 9.78 Å². The van der Waals surface area contributed by atoms with Crippen molar-refractivity contribution in [1.82, 2.24) is 4.98 Å². The van der Waals surface area contributed by atoms with Crippen LogP contribution in [0.25, 0.3) is 0 Å². The standard InChI is InChI=1S/C22H23N3O2/c1-27-15-14-23-19-12-13-24-21(16-19)22(26)25(20-10-6-3-7-11-20)17-18-8-4-2-5-9-18/h2-13,16H,14-15,17H2,1H3,(H,23,24). The highest BCUT2D eigenvalue weighted by molar-refractivity contribution is 6.05. The first kappa shape index (κ1) is 18.6. The summed E-state index contributed by atoms with van der Waals surface area (Å²) in [6.07, 6.45) is 1.65. The fourth-order valence-electron chi connectivity index (χ4n) is 2.75. The van der Waals surface area contributed by atoms with Gasteiger partial charge < -0.3 is 15.0 Å². The number of ether oxygens (including phenoxy) is 1. The van der Waals surface area contributed by atoms with Crippen LogP contribution in [0.1, 0.15) is 16.1 Å². The van der Waals surface area contributed by atoms with Gasteiger partial charge in [0.25, 0.3) is 5.91 Å². The van der Waals surface area contributed by atoms with Gasteiger partial charge in [-0.1, -0.05) is 48.5 Å². The number of para-hydroxylation sites is 1. The van der Waals surface area contributed by atoms with Gasteiger partial charge >= 0.3 is 0 Å². The molecule has 1 N–H and O–H groups in total. The summed E-state index contributed by atoms with van der Waals surface area (Å²) >= 11 is 0. The average molecular weight is 361 g/mol. The lowest BCUT2D eigenvalue weighted by molar-refractivity contribution is 0.0980. The van der Waals surface area contributed by atoms with Crippen molar-refractivity contribution < 1.29 is 9.53 Å². The van der Waals surface area contributed by atoms with E-state index in [4.69, 9.17) is 4.74 Å². The van der Waals surface area contributed by atoms with Crippen LogP contribution in [0.2, 0.25) is 0 Å². The number of aromatic nitrogens is 1. The number of amides is 1. The zero-order valence-electron chi connectivity index (χ0n) is 15.3. The first-order chi connectivity index (χ1) is 13.3. The number of nitrogens with zero attached hydrogens (tertiary/aromatic N) is 2. The molecule has 0 aliphatic rings. The second-order valence-corrected chi connectivity index (χ2v) is 6.06. The Labute approximate surface area is 159 Å². The molecule has 0 bridgehead atoms. The van der Waals surface area contributed by atoms with Crippen molar-refractivity contribution >= 4 is 17.3 Å². The highest BCUT2D eigenvalue weighted by Crippen LogP contribution is 2.20. The summed E-state index contributed by atoms with van der Waals surface area (Å²) in [6.45, 7) is 1.74. The van der Waals surface area contributed by atoms with Gasteiger partial charge in [-0.2, -0.15) is 0 Å². The summed E-state index contributed by atoms with van der Waals surface area (Å²) in [7, 11) is 1.66. The molecule has 1 aromatic heterocycles. The maximum absolute atomic E-state index is 13.2. The summed E-state index contributed by atoms with van der Waals surface area (Å²) in [4.78, 5) is 19.3. The van der Waals surface area contributed by atoms with Crippen molar-refractivity contribution in [2.75, 3.05) is 30.5 Å². The number of benzene rings is 2. The highest BCUT2D eigenvalue weighted by atomic mass is 16.5. The largest absolute Gasteiger partial charge is 0.383 e. The Morgan fingerprint density at radius 2 is 1.74 bits per heavy atom. The van der Waals surface area contributed by atoms with Crippen LogP contribution >= 0.6 is 0 Å². The SMILES string of the molecule is COCCNc1ccnc(C(=O)N(Cc2ccccc2)c2ccccc2)c1. The van der Waals surface area contributed by atoms with E-state index in [-0.39, 0.29) is 5.91 Å². The van der Waals surface area contributed by atoms with Gasteiger partial charge in [0.2, 0.25) is 0 Å². The molecule has 0 aliphatic heterocycles. The van der Waals surface area contributed by atoms with E-state index >= 15 is 0 Å². The van der Waals surface area contributed by atoms with Gasteiger partial charge in [-0.25, -0.2) is 0 Å². The Hall–Kier alpha value is -3.18. The Bertz CT molecular complexity index is 854. The number of pyridine rings is 1. The van der Waals surface area contributed by atoms with Crippen LogP contribution in [0.15, 0.2) is 79.0 Å². The third kappa shape index (κ3) is 5.15. The molecule has 5 nitrogen and oxygen atoms in total. The third-order valence-corrected chi connectivity index (χ3v) is 4.11. The van der Waals surface area contributed by atoms with E-state index in [1.54, 1.807) is 24.3 Å². The highest BCUT2D eigenvalue weighted by Gasteiger charge is 2.19. The van der Waals surface area contributed by atoms with Crippen LogP contribution in [0.3, 0.4) is 0 Å². The maximum atomic E-state index is 13.2. The second kappa shape index (κ2) is 9.50. The lowest BCUT2D eigenvalue weighted by Crippen LogP contribution is -2.31. The first-order valence-electron chi connectivity index (χ1n) is 8.87. The zero-order chi connectivity index (χ0) is 18.9. The summed E-state index contributed by atoms with van der Waals surface area (Å²) in [6, 6.07) is 23.2. The number of nitrogens with one attached hydrogen (secondary N) is 1. The van der Waals surface area contributed by atoms with Gasteiger partial charge in [0, 0.05) is 31.2 Å². The molecule has 2 aromatic carbocycles. The Kier molecular flexibility index (Phi) is 6.55. The number of methoxy groups -OCH3 is 1. The van der Waals surface area contributed by atoms with Crippen molar-refractivity contribution in [1.29, 1.82) is 0 Å². The van der Waals surface area contributed by atoms with E-state index in [0.29, 0.717) is 25.4 Å². The average Bonchev–Trinajstić information content (AvgIpc) is 2.73. The molecule has 1 amide bonds. The van der Waals surface area contributed by atoms with Crippen LogP contribution in [0.4, 0.5) is 11.4 Å². The Balaban J connectivity index is 1.85. The van der Waals surface area contributed by atoms with E-state index in [1.165, 1.54) is 0 Å². The molecule has 0 unspecified atom stereocenters. The summed E-state index contributed by atoms with van der Waals surface area (Å²) in [5.74, 6) is -0.138. The fraction of sp³-hybridized carbons (Fsp3) is 0.182. The number of hydrogen-bond acceptors (Lipinski definition) is 4. The van der Waals surface area contributed by atoms with Crippen LogP contribution in [-0.4, -0.2) is 31.2 Å². The molecule has 1 heterocycles. The lowest BCUT2D eigenvalue weighted by Gasteiger charge is -2.23. The third-order valence-electron chi connectivity index (χ3n) is 4.11. The van der Waals surface area contributed by atoms with E-state index in [0.717, 1.165) is 16.9 Å². The van der Waals surface area contributed by atoms with Crippen molar-refractivity contribution in [2.24, 2.45) is 0 Å². The van der Waals surface area contributed by atoms with Crippen LogP contribution < -0.4 is 10.2 Å². The molecule has 27 heavy (non-hydrogen) atoms. The molecule has 0 saturated heterocycles. The van der Waals surface area contributed by atoms with E-state index in [9.17, 15) is 4.79 Å². The van der Waals surface area contributed by atoms with Crippen LogP contribution in [0.5, 0.6) is 0 Å². The smallest absolute Gasteiger partial charge is 0.277 e. The first-order valence-corrected chi connectivity index (χ1v) is 8.87. The summed E-state index contributed by atoms with van der Waals surface area (Å²) in [5, 5.41) is 3.23. The normalized spacial score (nSPS) is 10.4.